The van der Waals surface area contributed by atoms with Gasteiger partial charge in [-0.05, 0) is 93.8 Å². The van der Waals surface area contributed by atoms with Crippen LogP contribution in [0.5, 0.6) is 5.75 Å². The summed E-state index contributed by atoms with van der Waals surface area (Å²) < 4.78 is 15.4. The van der Waals surface area contributed by atoms with Gasteiger partial charge in [-0.3, -0.25) is 24.1 Å². The Labute approximate surface area is 322 Å². The second-order valence-electron chi connectivity index (χ2n) is 14.0. The molecule has 0 aliphatic carbocycles. The van der Waals surface area contributed by atoms with Crippen LogP contribution in [0.2, 0.25) is 0 Å². The largest absolute Gasteiger partial charge is 0.507 e. The number of esters is 2. The van der Waals surface area contributed by atoms with E-state index in [0.29, 0.717) is 16.8 Å². The van der Waals surface area contributed by atoms with Crippen LogP contribution in [-0.4, -0.2) is 78.4 Å². The van der Waals surface area contributed by atoms with Crippen molar-refractivity contribution < 1.29 is 43.3 Å². The molecule has 3 N–H and O–H groups in total. The number of aromatic nitrogens is 1. The number of hydrogen-bond donors (Lipinski definition) is 3. The molecule has 13 heteroatoms. The lowest BCUT2D eigenvalue weighted by atomic mass is 9.95. The maximum absolute atomic E-state index is 13.9. The van der Waals surface area contributed by atoms with Crippen LogP contribution in [0.3, 0.4) is 0 Å². The molecule has 1 aromatic heterocycles. The number of rotatable bonds is 16. The van der Waals surface area contributed by atoms with Gasteiger partial charge in [-0.25, -0.2) is 9.78 Å². The number of nitrogens with zero attached hydrogens (tertiary/aromatic N) is 2. The second kappa shape index (κ2) is 19.9. The van der Waals surface area contributed by atoms with Crippen molar-refractivity contribution >= 4 is 52.0 Å². The van der Waals surface area contributed by atoms with Crippen LogP contribution < -0.4 is 15.5 Å². The smallest absolute Gasteiger partial charge is 0.416 e. The van der Waals surface area contributed by atoms with Gasteiger partial charge in [-0.1, -0.05) is 55.1 Å². The third-order valence-corrected chi connectivity index (χ3v) is 8.61. The van der Waals surface area contributed by atoms with Gasteiger partial charge >= 0.3 is 18.0 Å². The van der Waals surface area contributed by atoms with E-state index in [9.17, 15) is 29.1 Å². The number of phenols is 1. The number of aryl methyl sites for hydroxylation is 1. The Morgan fingerprint density at radius 2 is 1.67 bits per heavy atom. The molecule has 0 spiro atoms. The van der Waals surface area contributed by atoms with Gasteiger partial charge < -0.3 is 30.0 Å². The third-order valence-electron chi connectivity index (χ3n) is 8.61. The zero-order valence-electron chi connectivity index (χ0n) is 32.8. The van der Waals surface area contributed by atoms with E-state index in [1.54, 1.807) is 63.4 Å². The summed E-state index contributed by atoms with van der Waals surface area (Å²) in [6.07, 6.45) is 6.00. The van der Waals surface area contributed by atoms with Gasteiger partial charge in [0.25, 0.3) is 0 Å². The number of aromatic hydroxyl groups is 1. The van der Waals surface area contributed by atoms with Crippen LogP contribution in [-0.2, 0) is 33.4 Å². The Bertz CT molecular complexity index is 1950. The SMILES string of the molecule is C=C(/C=C\C(=C/C)c1ccc(O)c2ccccc12)[C@H](CC(=O)OC)NC(=O)[C@@H](NC(=O)CCCN(C(=O)OC(C)(C)C)c1cc(C)ccn1)[C@@H](C)C(=O)OC. The van der Waals surface area contributed by atoms with E-state index < -0.39 is 53.4 Å². The van der Waals surface area contributed by atoms with Crippen LogP contribution in [0.15, 0.2) is 85.1 Å². The summed E-state index contributed by atoms with van der Waals surface area (Å²) >= 11 is 0. The monoisotopic (exact) mass is 756 g/mol. The maximum atomic E-state index is 13.9. The fourth-order valence-corrected chi connectivity index (χ4v) is 5.64. The lowest BCUT2D eigenvalue weighted by Gasteiger charge is -2.27. The van der Waals surface area contributed by atoms with Crippen LogP contribution in [0.1, 0.15) is 65.0 Å². The average molecular weight is 757 g/mol. The molecule has 0 aliphatic heterocycles. The van der Waals surface area contributed by atoms with Crippen molar-refractivity contribution in [2.75, 3.05) is 25.7 Å². The molecule has 0 radical (unpaired) electrons. The predicted molar refractivity (Wildman–Crippen MR) is 211 cm³/mol. The highest BCUT2D eigenvalue weighted by Gasteiger charge is 2.34. The van der Waals surface area contributed by atoms with E-state index in [0.717, 1.165) is 22.1 Å². The van der Waals surface area contributed by atoms with Crippen molar-refractivity contribution in [3.63, 3.8) is 0 Å². The average Bonchev–Trinajstić information content (AvgIpc) is 3.14. The van der Waals surface area contributed by atoms with E-state index in [2.05, 4.69) is 22.2 Å². The van der Waals surface area contributed by atoms with Crippen molar-refractivity contribution in [2.45, 2.75) is 78.5 Å². The molecule has 0 aliphatic rings. The maximum Gasteiger partial charge on any atom is 0.416 e. The Morgan fingerprint density at radius 1 is 0.982 bits per heavy atom. The van der Waals surface area contributed by atoms with E-state index in [4.69, 9.17) is 14.2 Å². The Kier molecular flexibility index (Phi) is 15.7. The molecule has 13 nitrogen and oxygen atoms in total. The topological polar surface area (TPSA) is 173 Å². The number of nitrogens with one attached hydrogen (secondary N) is 2. The zero-order chi connectivity index (χ0) is 40.9. The Morgan fingerprint density at radius 3 is 2.29 bits per heavy atom. The first-order valence-corrected chi connectivity index (χ1v) is 17.9. The van der Waals surface area contributed by atoms with Gasteiger partial charge in [0.2, 0.25) is 11.8 Å². The highest BCUT2D eigenvalue weighted by atomic mass is 16.6. The number of anilines is 1. The van der Waals surface area contributed by atoms with Gasteiger partial charge in [0.05, 0.1) is 32.6 Å². The number of fused-ring (bicyclic) bond motifs is 1. The third kappa shape index (κ3) is 12.5. The summed E-state index contributed by atoms with van der Waals surface area (Å²) in [6.45, 7) is 14.6. The first kappa shape index (κ1) is 43.4. The highest BCUT2D eigenvalue weighted by Crippen LogP contribution is 2.32. The van der Waals surface area contributed by atoms with Crippen LogP contribution >= 0.6 is 0 Å². The molecule has 3 rings (SSSR count). The minimum absolute atomic E-state index is 0.0731. The number of methoxy groups -OCH3 is 2. The van der Waals surface area contributed by atoms with Gasteiger partial charge in [-0.15, -0.1) is 0 Å². The first-order valence-electron chi connectivity index (χ1n) is 17.9. The van der Waals surface area contributed by atoms with Crippen molar-refractivity contribution in [2.24, 2.45) is 5.92 Å². The number of phenolic OH excluding ortho intramolecular Hbond substituents is 1. The number of allylic oxidation sites excluding steroid dienone is 3. The van der Waals surface area contributed by atoms with Crippen LogP contribution in [0, 0.1) is 12.8 Å². The van der Waals surface area contributed by atoms with Crippen molar-refractivity contribution in [1.82, 2.24) is 15.6 Å². The number of benzene rings is 2. The second-order valence-corrected chi connectivity index (χ2v) is 14.0. The van der Waals surface area contributed by atoms with E-state index in [1.807, 2.05) is 44.2 Å². The summed E-state index contributed by atoms with van der Waals surface area (Å²) in [5.74, 6) is -3.32. The van der Waals surface area contributed by atoms with Crippen molar-refractivity contribution in [3.05, 3.63) is 96.2 Å². The summed E-state index contributed by atoms with van der Waals surface area (Å²) in [5, 5.41) is 17.3. The Hall–Kier alpha value is -5.98. The van der Waals surface area contributed by atoms with E-state index >= 15 is 0 Å². The zero-order valence-corrected chi connectivity index (χ0v) is 32.8. The number of hydrogen-bond acceptors (Lipinski definition) is 10. The number of carbonyl (C=O) groups excluding carboxylic acids is 5. The number of pyridine rings is 1. The molecule has 0 bridgehead atoms. The van der Waals surface area contributed by atoms with Gasteiger partial charge in [0.1, 0.15) is 23.2 Å². The van der Waals surface area contributed by atoms with Gasteiger partial charge in [-0.2, -0.15) is 0 Å². The quantitative estimate of drug-likeness (QED) is 0.0852. The number of ether oxygens (including phenoxy) is 3. The normalized spacial score (nSPS) is 13.3. The predicted octanol–water partition coefficient (Wildman–Crippen LogP) is 6.33. The molecular weight excluding hydrogens is 704 g/mol. The minimum Gasteiger partial charge on any atom is -0.507 e. The van der Waals surface area contributed by atoms with Gasteiger partial charge in [0, 0.05) is 24.5 Å². The first-order chi connectivity index (χ1) is 26.0. The lowest BCUT2D eigenvalue weighted by Crippen LogP contribution is -2.54. The summed E-state index contributed by atoms with van der Waals surface area (Å²) in [5.41, 5.74) is 2.06. The fourth-order valence-electron chi connectivity index (χ4n) is 5.64. The number of carbonyl (C=O) groups is 5. The van der Waals surface area contributed by atoms with Crippen molar-refractivity contribution in [1.29, 1.82) is 0 Å². The molecule has 3 amide bonds. The minimum atomic E-state index is -1.40. The van der Waals surface area contributed by atoms with Crippen LogP contribution in [0.4, 0.5) is 10.6 Å². The molecule has 3 atom stereocenters. The van der Waals surface area contributed by atoms with E-state index in [1.165, 1.54) is 26.0 Å². The summed E-state index contributed by atoms with van der Waals surface area (Å²) in [4.78, 5) is 71.1. The molecule has 0 saturated heterocycles. The van der Waals surface area contributed by atoms with E-state index in [-0.39, 0.29) is 31.6 Å². The number of amides is 3. The standard InChI is InChI=1S/C42H52N4O9/c1-10-29(30-19-20-34(47)32-15-12-11-14-31(30)32)18-17-27(3)33(25-37(49)53-8)44-39(50)38(28(4)40(51)54-9)45-36(48)16-13-23-46(41(52)55-42(5,6)7)35-24-26(2)21-22-43-35/h10-12,14-15,17-22,24,28,33,38,47H,3,13,16,23,25H2,1-2,4-9H3,(H,44,50)(H,45,48)/b18-17-,29-10+/t28-,33+,38+/m1/s1. The molecular formula is C42H52N4O9. The molecule has 294 valence electrons. The lowest BCUT2D eigenvalue weighted by molar-refractivity contribution is -0.149. The fraction of sp³-hybridized carbons (Fsp3) is 0.381. The molecule has 0 saturated carbocycles. The highest BCUT2D eigenvalue weighted by molar-refractivity contribution is 5.99. The molecule has 0 fully saturated rings. The summed E-state index contributed by atoms with van der Waals surface area (Å²) in [7, 11) is 2.39. The Balaban J connectivity index is 1.81. The molecule has 1 heterocycles. The summed E-state index contributed by atoms with van der Waals surface area (Å²) in [6, 6.07) is 12.0. The van der Waals surface area contributed by atoms with Crippen LogP contribution in [0.25, 0.3) is 16.3 Å². The van der Waals surface area contributed by atoms with Gasteiger partial charge in [0.15, 0.2) is 0 Å². The molecule has 0 unspecified atom stereocenters. The molecule has 3 aromatic rings. The van der Waals surface area contributed by atoms with Crippen molar-refractivity contribution in [3.8, 4) is 5.75 Å². The molecule has 55 heavy (non-hydrogen) atoms. The molecule has 2 aromatic carbocycles.